The standard InChI is InChI=1S/C23H28FN7OS2/c1-31(2)9-6-16-4-3-15(12-24)11-19(16)29-22(32)30-23-26-13-17(34-23)5-8-25-21-20-18(7-10-33-20)27-14-28-21/h3-4,11,13-14H,5-10,12H2,1-2H3,(H,25,27,28)(H2,26,29,30,32). The summed E-state index contributed by atoms with van der Waals surface area (Å²) in [6, 6.07) is 4.92. The highest BCUT2D eigenvalue weighted by molar-refractivity contribution is 7.99. The minimum atomic E-state index is -0.579. The molecule has 1 aliphatic heterocycles. The van der Waals surface area contributed by atoms with E-state index in [0.29, 0.717) is 22.9 Å². The van der Waals surface area contributed by atoms with E-state index in [1.807, 2.05) is 20.2 Å². The van der Waals surface area contributed by atoms with Gasteiger partial charge in [0.25, 0.3) is 0 Å². The predicted octanol–water partition coefficient (Wildman–Crippen LogP) is 4.45. The van der Waals surface area contributed by atoms with Gasteiger partial charge < -0.3 is 15.5 Å². The fraction of sp³-hybridized carbons (Fsp3) is 0.391. The van der Waals surface area contributed by atoms with Gasteiger partial charge in [0, 0.05) is 48.4 Å². The number of alkyl halides is 1. The normalized spacial score (nSPS) is 12.6. The molecule has 180 valence electrons. The van der Waals surface area contributed by atoms with Crippen LogP contribution in [0.15, 0.2) is 35.6 Å². The highest BCUT2D eigenvalue weighted by atomic mass is 32.2. The van der Waals surface area contributed by atoms with Gasteiger partial charge in [-0.05, 0) is 37.7 Å². The number of hydrogen-bond acceptors (Lipinski definition) is 8. The Morgan fingerprint density at radius 2 is 2.06 bits per heavy atom. The third-order valence-corrected chi connectivity index (χ3v) is 7.40. The van der Waals surface area contributed by atoms with Gasteiger partial charge in [0.2, 0.25) is 0 Å². The van der Waals surface area contributed by atoms with Crippen molar-refractivity contribution in [2.45, 2.75) is 30.8 Å². The van der Waals surface area contributed by atoms with E-state index in [2.05, 4.69) is 35.8 Å². The number of nitrogens with zero attached hydrogens (tertiary/aromatic N) is 4. The maximum Gasteiger partial charge on any atom is 0.325 e. The number of urea groups is 1. The molecular formula is C23H28FN7OS2. The second-order valence-electron chi connectivity index (χ2n) is 8.16. The van der Waals surface area contributed by atoms with Gasteiger partial charge in [-0.2, -0.15) is 0 Å². The summed E-state index contributed by atoms with van der Waals surface area (Å²) in [7, 11) is 3.98. The number of nitrogens with one attached hydrogen (secondary N) is 3. The van der Waals surface area contributed by atoms with E-state index >= 15 is 0 Å². The van der Waals surface area contributed by atoms with E-state index in [1.54, 1.807) is 36.4 Å². The van der Waals surface area contributed by atoms with Crippen molar-refractivity contribution in [3.05, 3.63) is 52.4 Å². The van der Waals surface area contributed by atoms with Gasteiger partial charge in [-0.3, -0.25) is 5.32 Å². The molecule has 0 aliphatic carbocycles. The number of benzene rings is 1. The molecule has 3 N–H and O–H groups in total. The average Bonchev–Trinajstić information content (AvgIpc) is 3.48. The van der Waals surface area contributed by atoms with E-state index < -0.39 is 12.7 Å². The SMILES string of the molecule is CN(C)CCc1ccc(CF)cc1NC(=O)Nc1ncc(CCNc2ncnc3c2SCC3)s1. The van der Waals surface area contributed by atoms with Crippen molar-refractivity contribution >= 4 is 45.8 Å². The Balaban J connectivity index is 1.31. The molecule has 3 heterocycles. The van der Waals surface area contributed by atoms with Crippen LogP contribution in [0, 0.1) is 0 Å². The van der Waals surface area contributed by atoms with Crippen LogP contribution in [0.4, 0.5) is 25.8 Å². The third-order valence-electron chi connectivity index (χ3n) is 5.31. The number of halogens is 1. The summed E-state index contributed by atoms with van der Waals surface area (Å²) >= 11 is 3.22. The zero-order valence-electron chi connectivity index (χ0n) is 19.2. The van der Waals surface area contributed by atoms with Crippen molar-refractivity contribution < 1.29 is 9.18 Å². The zero-order valence-corrected chi connectivity index (χ0v) is 20.9. The second kappa shape index (κ2) is 11.6. The fourth-order valence-electron chi connectivity index (χ4n) is 3.54. The maximum absolute atomic E-state index is 13.2. The number of carbonyl (C=O) groups excluding carboxylic acids is 1. The zero-order chi connectivity index (χ0) is 23.9. The summed E-state index contributed by atoms with van der Waals surface area (Å²) in [6.07, 6.45) is 5.87. The molecule has 0 fully saturated rings. The Kier molecular flexibility index (Phi) is 8.30. The molecular weight excluding hydrogens is 473 g/mol. The monoisotopic (exact) mass is 501 g/mol. The van der Waals surface area contributed by atoms with E-state index in [9.17, 15) is 9.18 Å². The predicted molar refractivity (Wildman–Crippen MR) is 137 cm³/mol. The summed E-state index contributed by atoms with van der Waals surface area (Å²) in [6.45, 7) is 0.958. The number of thioether (sulfide) groups is 1. The van der Waals surface area contributed by atoms with Crippen LogP contribution in [0.5, 0.6) is 0 Å². The first-order chi connectivity index (χ1) is 16.5. The number of anilines is 3. The topological polar surface area (TPSA) is 95.1 Å². The van der Waals surface area contributed by atoms with Crippen molar-refractivity contribution in [2.75, 3.05) is 48.9 Å². The highest BCUT2D eigenvalue weighted by Crippen LogP contribution is 2.34. The largest absolute Gasteiger partial charge is 0.369 e. The van der Waals surface area contributed by atoms with Crippen LogP contribution >= 0.6 is 23.1 Å². The Hall–Kier alpha value is -2.76. The summed E-state index contributed by atoms with van der Waals surface area (Å²) in [5.74, 6) is 1.93. The summed E-state index contributed by atoms with van der Waals surface area (Å²) in [5.41, 5.74) is 3.22. The summed E-state index contributed by atoms with van der Waals surface area (Å²) in [4.78, 5) is 29.9. The van der Waals surface area contributed by atoms with Gasteiger partial charge in [-0.25, -0.2) is 24.1 Å². The van der Waals surface area contributed by atoms with Gasteiger partial charge in [0.1, 0.15) is 18.8 Å². The van der Waals surface area contributed by atoms with Crippen molar-refractivity contribution in [3.8, 4) is 0 Å². The number of likely N-dealkylation sites (N-methyl/N-ethyl adjacent to an activating group) is 1. The number of aryl methyl sites for hydroxylation is 1. The van der Waals surface area contributed by atoms with Crippen LogP contribution in [0.2, 0.25) is 0 Å². The third kappa shape index (κ3) is 6.43. The lowest BCUT2D eigenvalue weighted by molar-refractivity contribution is 0.262. The molecule has 2 aromatic heterocycles. The molecule has 0 saturated carbocycles. The minimum absolute atomic E-state index is 0.394. The molecule has 8 nitrogen and oxygen atoms in total. The van der Waals surface area contributed by atoms with E-state index in [0.717, 1.165) is 58.4 Å². The number of fused-ring (bicyclic) bond motifs is 1. The minimum Gasteiger partial charge on any atom is -0.369 e. The Bertz CT molecular complexity index is 1140. The quantitative estimate of drug-likeness (QED) is 0.378. The van der Waals surface area contributed by atoms with Gasteiger partial charge in [0.15, 0.2) is 5.13 Å². The lowest BCUT2D eigenvalue weighted by atomic mass is 10.1. The van der Waals surface area contributed by atoms with E-state index in [1.165, 1.54) is 11.3 Å². The number of amides is 2. The molecule has 34 heavy (non-hydrogen) atoms. The van der Waals surface area contributed by atoms with Crippen LogP contribution in [0.25, 0.3) is 0 Å². The Morgan fingerprint density at radius 3 is 2.88 bits per heavy atom. The van der Waals surface area contributed by atoms with Gasteiger partial charge in [0.05, 0.1) is 10.6 Å². The van der Waals surface area contributed by atoms with E-state index in [-0.39, 0.29) is 0 Å². The molecule has 1 aromatic carbocycles. The summed E-state index contributed by atoms with van der Waals surface area (Å²) < 4.78 is 13.2. The first-order valence-electron chi connectivity index (χ1n) is 11.1. The first kappa shape index (κ1) is 24.4. The number of thiazole rings is 1. The molecule has 0 bridgehead atoms. The Labute approximate surface area is 206 Å². The number of rotatable bonds is 10. The highest BCUT2D eigenvalue weighted by Gasteiger charge is 2.17. The molecule has 0 spiro atoms. The lowest BCUT2D eigenvalue weighted by Gasteiger charge is -2.15. The van der Waals surface area contributed by atoms with Crippen molar-refractivity contribution in [1.82, 2.24) is 19.9 Å². The van der Waals surface area contributed by atoms with Crippen LogP contribution < -0.4 is 16.0 Å². The smallest absolute Gasteiger partial charge is 0.325 e. The molecule has 11 heteroatoms. The van der Waals surface area contributed by atoms with Crippen LogP contribution in [-0.4, -0.2) is 58.8 Å². The fourth-order valence-corrected chi connectivity index (χ4v) is 5.43. The molecule has 4 rings (SSSR count). The molecule has 0 saturated heterocycles. The number of hydrogen-bond donors (Lipinski definition) is 3. The van der Waals surface area contributed by atoms with Gasteiger partial charge in [-0.1, -0.05) is 12.1 Å². The van der Waals surface area contributed by atoms with Crippen molar-refractivity contribution in [1.29, 1.82) is 0 Å². The van der Waals surface area contributed by atoms with Crippen LogP contribution in [0.3, 0.4) is 0 Å². The van der Waals surface area contributed by atoms with E-state index in [4.69, 9.17) is 0 Å². The van der Waals surface area contributed by atoms with Gasteiger partial charge in [-0.15, -0.1) is 23.1 Å². The molecule has 0 unspecified atom stereocenters. The number of aromatic nitrogens is 3. The molecule has 1 aliphatic rings. The second-order valence-corrected chi connectivity index (χ2v) is 10.4. The average molecular weight is 502 g/mol. The van der Waals surface area contributed by atoms with Crippen molar-refractivity contribution in [3.63, 3.8) is 0 Å². The van der Waals surface area contributed by atoms with Crippen LogP contribution in [0.1, 0.15) is 21.7 Å². The van der Waals surface area contributed by atoms with Crippen LogP contribution in [-0.2, 0) is 25.9 Å². The summed E-state index contributed by atoms with van der Waals surface area (Å²) in [5, 5.41) is 9.55. The molecule has 0 radical (unpaired) electrons. The van der Waals surface area contributed by atoms with Gasteiger partial charge >= 0.3 is 6.03 Å². The van der Waals surface area contributed by atoms with Crippen molar-refractivity contribution in [2.24, 2.45) is 0 Å². The molecule has 0 atom stereocenters. The number of carbonyl (C=O) groups is 1. The first-order valence-corrected chi connectivity index (χ1v) is 12.9. The molecule has 2 amide bonds. The molecule has 3 aromatic rings. The lowest BCUT2D eigenvalue weighted by Crippen LogP contribution is -2.21. The Morgan fingerprint density at radius 1 is 1.18 bits per heavy atom. The maximum atomic E-state index is 13.2.